The smallest absolute Gasteiger partial charge is 0.138 e. The first-order chi connectivity index (χ1) is 9.60. The summed E-state index contributed by atoms with van der Waals surface area (Å²) in [6.45, 7) is 4.47. The van der Waals surface area contributed by atoms with Gasteiger partial charge in [0.1, 0.15) is 12.4 Å². The van der Waals surface area contributed by atoms with E-state index in [0.717, 1.165) is 17.0 Å². The molecule has 0 saturated carbocycles. The fourth-order valence-electron chi connectivity index (χ4n) is 1.90. The second kappa shape index (κ2) is 6.73. The van der Waals surface area contributed by atoms with E-state index in [1.807, 2.05) is 50.4 Å². The van der Waals surface area contributed by atoms with E-state index < -0.39 is 0 Å². The Morgan fingerprint density at radius 1 is 1.30 bits per heavy atom. The SMILES string of the molecule is CNC(C)c1ccc(OCc2cccc(C)n2)c(Cl)c1. The Balaban J connectivity index is 2.07. The van der Waals surface area contributed by atoms with Crippen molar-refractivity contribution in [2.45, 2.75) is 26.5 Å². The average Bonchev–Trinajstić information content (AvgIpc) is 2.45. The first-order valence-corrected chi connectivity index (χ1v) is 7.00. The first-order valence-electron chi connectivity index (χ1n) is 6.62. The topological polar surface area (TPSA) is 34.1 Å². The van der Waals surface area contributed by atoms with Gasteiger partial charge in [-0.25, -0.2) is 0 Å². The molecule has 2 rings (SSSR count). The van der Waals surface area contributed by atoms with E-state index in [1.54, 1.807) is 0 Å². The van der Waals surface area contributed by atoms with Crippen molar-refractivity contribution in [2.24, 2.45) is 0 Å². The molecule has 0 saturated heterocycles. The molecule has 3 nitrogen and oxygen atoms in total. The summed E-state index contributed by atoms with van der Waals surface area (Å²) in [6, 6.07) is 12.0. The molecule has 0 spiro atoms. The minimum Gasteiger partial charge on any atom is -0.486 e. The van der Waals surface area contributed by atoms with Gasteiger partial charge in [-0.05, 0) is 50.7 Å². The molecule has 0 radical (unpaired) electrons. The van der Waals surface area contributed by atoms with Crippen LogP contribution >= 0.6 is 11.6 Å². The van der Waals surface area contributed by atoms with Crippen molar-refractivity contribution in [2.75, 3.05) is 7.05 Å². The third-order valence-electron chi connectivity index (χ3n) is 3.21. The van der Waals surface area contributed by atoms with Crippen molar-refractivity contribution in [3.63, 3.8) is 0 Å². The minimum atomic E-state index is 0.264. The normalized spacial score (nSPS) is 12.2. The fourth-order valence-corrected chi connectivity index (χ4v) is 2.15. The van der Waals surface area contributed by atoms with Crippen LogP contribution in [0, 0.1) is 6.92 Å². The largest absolute Gasteiger partial charge is 0.486 e. The van der Waals surface area contributed by atoms with Crippen LogP contribution in [0.15, 0.2) is 36.4 Å². The highest BCUT2D eigenvalue weighted by molar-refractivity contribution is 6.32. The molecule has 1 N–H and O–H groups in total. The van der Waals surface area contributed by atoms with Gasteiger partial charge in [-0.2, -0.15) is 0 Å². The third-order valence-corrected chi connectivity index (χ3v) is 3.51. The second-order valence-electron chi connectivity index (χ2n) is 4.76. The van der Waals surface area contributed by atoms with Crippen LogP contribution in [0.3, 0.4) is 0 Å². The van der Waals surface area contributed by atoms with Crippen LogP contribution in [0.4, 0.5) is 0 Å². The van der Waals surface area contributed by atoms with Crippen LogP contribution in [-0.4, -0.2) is 12.0 Å². The van der Waals surface area contributed by atoms with Gasteiger partial charge in [0.05, 0.1) is 10.7 Å². The molecule has 0 amide bonds. The quantitative estimate of drug-likeness (QED) is 0.907. The molecule has 0 aliphatic rings. The molecule has 0 bridgehead atoms. The van der Waals surface area contributed by atoms with Gasteiger partial charge in [-0.1, -0.05) is 23.7 Å². The number of benzene rings is 1. The van der Waals surface area contributed by atoms with Gasteiger partial charge in [0.2, 0.25) is 0 Å². The van der Waals surface area contributed by atoms with E-state index in [9.17, 15) is 0 Å². The molecule has 1 heterocycles. The van der Waals surface area contributed by atoms with Gasteiger partial charge >= 0.3 is 0 Å². The van der Waals surface area contributed by atoms with Crippen LogP contribution in [0.25, 0.3) is 0 Å². The van der Waals surface area contributed by atoms with Crippen molar-refractivity contribution in [1.29, 1.82) is 0 Å². The molecule has 0 aliphatic heterocycles. The van der Waals surface area contributed by atoms with Crippen molar-refractivity contribution < 1.29 is 4.74 Å². The number of nitrogens with zero attached hydrogens (tertiary/aromatic N) is 1. The zero-order valence-electron chi connectivity index (χ0n) is 12.0. The van der Waals surface area contributed by atoms with Gasteiger partial charge in [-0.15, -0.1) is 0 Å². The minimum absolute atomic E-state index is 0.264. The number of pyridine rings is 1. The molecule has 2 aromatic rings. The van der Waals surface area contributed by atoms with Crippen LogP contribution in [0.2, 0.25) is 5.02 Å². The van der Waals surface area contributed by atoms with Crippen molar-refractivity contribution in [3.05, 3.63) is 58.4 Å². The summed E-state index contributed by atoms with van der Waals surface area (Å²) in [4.78, 5) is 4.40. The van der Waals surface area contributed by atoms with Gasteiger partial charge in [0.15, 0.2) is 0 Å². The van der Waals surface area contributed by atoms with E-state index in [4.69, 9.17) is 16.3 Å². The molecule has 0 fully saturated rings. The highest BCUT2D eigenvalue weighted by Gasteiger charge is 2.08. The Labute approximate surface area is 124 Å². The Kier molecular flexibility index (Phi) is 4.99. The van der Waals surface area contributed by atoms with Crippen LogP contribution in [-0.2, 0) is 6.61 Å². The van der Waals surface area contributed by atoms with Crippen LogP contribution in [0.1, 0.15) is 29.9 Å². The maximum absolute atomic E-state index is 6.25. The summed E-state index contributed by atoms with van der Waals surface area (Å²) < 4.78 is 5.73. The number of nitrogens with one attached hydrogen (secondary N) is 1. The Morgan fingerprint density at radius 3 is 2.75 bits per heavy atom. The van der Waals surface area contributed by atoms with Crippen molar-refractivity contribution >= 4 is 11.6 Å². The molecule has 1 atom stereocenters. The molecular weight excluding hydrogens is 272 g/mol. The molecule has 1 aromatic carbocycles. The summed E-state index contributed by atoms with van der Waals surface area (Å²) in [5, 5.41) is 3.80. The summed E-state index contributed by atoms with van der Waals surface area (Å²) in [7, 11) is 1.92. The van der Waals surface area contributed by atoms with Gasteiger partial charge in [0, 0.05) is 11.7 Å². The van der Waals surface area contributed by atoms with E-state index in [-0.39, 0.29) is 6.04 Å². The van der Waals surface area contributed by atoms with Gasteiger partial charge in [0.25, 0.3) is 0 Å². The Morgan fingerprint density at radius 2 is 2.10 bits per heavy atom. The lowest BCUT2D eigenvalue weighted by molar-refractivity contribution is 0.301. The van der Waals surface area contributed by atoms with E-state index in [2.05, 4.69) is 17.2 Å². The lowest BCUT2D eigenvalue weighted by Crippen LogP contribution is -2.12. The zero-order valence-corrected chi connectivity index (χ0v) is 12.7. The highest BCUT2D eigenvalue weighted by atomic mass is 35.5. The summed E-state index contributed by atoms with van der Waals surface area (Å²) in [5.74, 6) is 0.682. The maximum atomic E-state index is 6.25. The number of aromatic nitrogens is 1. The van der Waals surface area contributed by atoms with Crippen molar-refractivity contribution in [1.82, 2.24) is 10.3 Å². The van der Waals surface area contributed by atoms with E-state index >= 15 is 0 Å². The molecule has 4 heteroatoms. The number of rotatable bonds is 5. The first kappa shape index (κ1) is 14.8. The summed E-state index contributed by atoms with van der Waals surface area (Å²) >= 11 is 6.25. The fraction of sp³-hybridized carbons (Fsp3) is 0.312. The van der Waals surface area contributed by atoms with Crippen LogP contribution in [0.5, 0.6) is 5.75 Å². The standard InChI is InChI=1S/C16H19ClN2O/c1-11-5-4-6-14(19-11)10-20-16-8-7-13(9-15(16)17)12(2)18-3/h4-9,12,18H,10H2,1-3H3. The van der Waals surface area contributed by atoms with E-state index in [1.165, 1.54) is 0 Å². The average molecular weight is 291 g/mol. The number of hydrogen-bond donors (Lipinski definition) is 1. The summed E-state index contributed by atoms with van der Waals surface area (Å²) in [5.41, 5.74) is 3.02. The van der Waals surface area contributed by atoms with Crippen molar-refractivity contribution in [3.8, 4) is 5.75 Å². The molecule has 1 unspecified atom stereocenters. The number of ether oxygens (including phenoxy) is 1. The maximum Gasteiger partial charge on any atom is 0.138 e. The van der Waals surface area contributed by atoms with E-state index in [0.29, 0.717) is 17.4 Å². The zero-order chi connectivity index (χ0) is 14.5. The predicted octanol–water partition coefficient (Wildman–Crippen LogP) is 3.90. The third kappa shape index (κ3) is 3.71. The molecule has 0 aliphatic carbocycles. The van der Waals surface area contributed by atoms with Gasteiger partial charge < -0.3 is 10.1 Å². The second-order valence-corrected chi connectivity index (χ2v) is 5.17. The number of aryl methyl sites for hydroxylation is 1. The lowest BCUT2D eigenvalue weighted by atomic mass is 10.1. The summed E-state index contributed by atoms with van der Waals surface area (Å²) in [6.07, 6.45) is 0. The highest BCUT2D eigenvalue weighted by Crippen LogP contribution is 2.28. The number of halogens is 1. The monoisotopic (exact) mass is 290 g/mol. The Hall–Kier alpha value is -1.58. The lowest BCUT2D eigenvalue weighted by Gasteiger charge is -2.13. The van der Waals surface area contributed by atoms with Gasteiger partial charge in [-0.3, -0.25) is 4.98 Å². The Bertz CT molecular complexity index is 586. The molecule has 106 valence electrons. The van der Waals surface area contributed by atoms with Crippen LogP contribution < -0.4 is 10.1 Å². The molecular formula is C16H19ClN2O. The molecule has 20 heavy (non-hydrogen) atoms. The number of hydrogen-bond acceptors (Lipinski definition) is 3. The predicted molar refractivity (Wildman–Crippen MR) is 82.2 cm³/mol. The molecule has 1 aromatic heterocycles.